The van der Waals surface area contributed by atoms with E-state index in [2.05, 4.69) is 36.4 Å². The average molecular weight is 526 g/mol. The van der Waals surface area contributed by atoms with Gasteiger partial charge in [0.05, 0.1) is 17.2 Å². The summed E-state index contributed by atoms with van der Waals surface area (Å²) in [6.07, 6.45) is 1.86. The maximum absolute atomic E-state index is 13.3. The van der Waals surface area contributed by atoms with Gasteiger partial charge in [0.25, 0.3) is 5.91 Å². The second-order valence-electron chi connectivity index (χ2n) is 8.92. The topological polar surface area (TPSA) is 38.8 Å². The van der Waals surface area contributed by atoms with Gasteiger partial charge in [0.1, 0.15) is 6.61 Å². The van der Waals surface area contributed by atoms with Crippen molar-refractivity contribution in [2.24, 2.45) is 0 Å². The van der Waals surface area contributed by atoms with Crippen LogP contribution < -0.4 is 14.4 Å². The largest absolute Gasteiger partial charge is 0.490 e. The van der Waals surface area contributed by atoms with Gasteiger partial charge in [0.15, 0.2) is 15.8 Å². The van der Waals surface area contributed by atoms with Crippen LogP contribution in [-0.2, 0) is 11.4 Å². The van der Waals surface area contributed by atoms with Crippen LogP contribution in [0.2, 0.25) is 0 Å². The molecule has 1 aliphatic heterocycles. The molecule has 0 bridgehead atoms. The second-order valence-corrected chi connectivity index (χ2v) is 10.6. The molecular weight excluding hydrogens is 498 g/mol. The normalized spacial score (nSPS) is 14.6. The molecule has 0 radical (unpaired) electrons. The van der Waals surface area contributed by atoms with Gasteiger partial charge in [0, 0.05) is 0 Å². The summed E-state index contributed by atoms with van der Waals surface area (Å²) in [6, 6.07) is 26.3. The number of hydrogen-bond acceptors (Lipinski definition) is 5. The lowest BCUT2D eigenvalue weighted by Gasteiger charge is -2.17. The van der Waals surface area contributed by atoms with Crippen molar-refractivity contribution in [3.63, 3.8) is 0 Å². The molecule has 6 heteroatoms. The zero-order chi connectivity index (χ0) is 25.9. The van der Waals surface area contributed by atoms with Crippen molar-refractivity contribution < 1.29 is 14.3 Å². The molecule has 1 saturated heterocycles. The Morgan fingerprint density at radius 2 is 1.70 bits per heavy atom. The first-order chi connectivity index (χ1) is 17.9. The highest BCUT2D eigenvalue weighted by Gasteiger charge is 2.34. The number of fused-ring (bicyclic) bond motifs is 1. The predicted octanol–water partition coefficient (Wildman–Crippen LogP) is 7.84. The Labute approximate surface area is 226 Å². The molecule has 0 saturated carbocycles. The minimum atomic E-state index is -0.114. The van der Waals surface area contributed by atoms with Crippen LogP contribution in [0.4, 0.5) is 5.69 Å². The van der Waals surface area contributed by atoms with Crippen molar-refractivity contribution >= 4 is 56.7 Å². The summed E-state index contributed by atoms with van der Waals surface area (Å²) in [6.45, 7) is 6.90. The second kappa shape index (κ2) is 10.8. The number of hydrogen-bond donors (Lipinski definition) is 0. The Morgan fingerprint density at radius 1 is 0.892 bits per heavy atom. The third-order valence-corrected chi connectivity index (χ3v) is 7.46. The zero-order valence-electron chi connectivity index (χ0n) is 21.0. The summed E-state index contributed by atoms with van der Waals surface area (Å²) in [5, 5.41) is 2.38. The van der Waals surface area contributed by atoms with E-state index in [4.69, 9.17) is 21.7 Å². The van der Waals surface area contributed by atoms with E-state index < -0.39 is 0 Å². The number of thiocarbonyl (C=S) groups is 1. The molecule has 1 amide bonds. The summed E-state index contributed by atoms with van der Waals surface area (Å²) < 4.78 is 12.6. The van der Waals surface area contributed by atoms with Crippen LogP contribution in [0, 0.1) is 13.8 Å². The summed E-state index contributed by atoms with van der Waals surface area (Å²) in [5.41, 5.74) is 4.92. The molecule has 1 aliphatic rings. The molecule has 37 heavy (non-hydrogen) atoms. The highest BCUT2D eigenvalue weighted by atomic mass is 32.2. The fourth-order valence-corrected chi connectivity index (χ4v) is 5.66. The number of anilines is 1. The first-order valence-corrected chi connectivity index (χ1v) is 13.4. The lowest BCUT2D eigenvalue weighted by Crippen LogP contribution is -2.28. The molecule has 0 unspecified atom stereocenters. The van der Waals surface area contributed by atoms with Gasteiger partial charge in [-0.05, 0) is 78.6 Å². The molecule has 1 heterocycles. The Balaban J connectivity index is 1.36. The molecular formula is C31H27NO3S2. The minimum Gasteiger partial charge on any atom is -0.490 e. The number of benzene rings is 4. The molecule has 0 aromatic heterocycles. The summed E-state index contributed by atoms with van der Waals surface area (Å²) >= 11 is 6.88. The van der Waals surface area contributed by atoms with Crippen LogP contribution in [0.1, 0.15) is 29.2 Å². The Kier molecular flexibility index (Phi) is 7.31. The molecule has 0 aliphatic carbocycles. The van der Waals surface area contributed by atoms with E-state index in [1.807, 2.05) is 69.3 Å². The maximum atomic E-state index is 13.3. The monoisotopic (exact) mass is 525 g/mol. The Hall–Kier alpha value is -3.61. The molecule has 0 spiro atoms. The van der Waals surface area contributed by atoms with Crippen molar-refractivity contribution in [1.29, 1.82) is 0 Å². The van der Waals surface area contributed by atoms with Crippen LogP contribution in [0.15, 0.2) is 83.8 Å². The third kappa shape index (κ3) is 5.41. The smallest absolute Gasteiger partial charge is 0.270 e. The highest BCUT2D eigenvalue weighted by molar-refractivity contribution is 8.27. The Bertz CT molecular complexity index is 1540. The quantitative estimate of drug-likeness (QED) is 0.182. The molecule has 0 atom stereocenters. The zero-order valence-corrected chi connectivity index (χ0v) is 22.6. The van der Waals surface area contributed by atoms with E-state index in [0.717, 1.165) is 27.9 Å². The predicted molar refractivity (Wildman–Crippen MR) is 157 cm³/mol. The molecule has 4 aromatic carbocycles. The van der Waals surface area contributed by atoms with E-state index in [1.54, 1.807) is 4.90 Å². The van der Waals surface area contributed by atoms with Crippen LogP contribution in [0.25, 0.3) is 16.8 Å². The maximum Gasteiger partial charge on any atom is 0.270 e. The summed E-state index contributed by atoms with van der Waals surface area (Å²) in [5.74, 6) is 1.19. The molecule has 4 aromatic rings. The van der Waals surface area contributed by atoms with Gasteiger partial charge in [-0.3, -0.25) is 9.69 Å². The van der Waals surface area contributed by atoms with Gasteiger partial charge in [-0.1, -0.05) is 84.1 Å². The first-order valence-electron chi connectivity index (χ1n) is 12.2. The van der Waals surface area contributed by atoms with E-state index in [0.29, 0.717) is 33.9 Å². The van der Waals surface area contributed by atoms with Crippen molar-refractivity contribution in [3.8, 4) is 11.5 Å². The van der Waals surface area contributed by atoms with Crippen LogP contribution >= 0.6 is 24.0 Å². The number of nitrogens with zero attached hydrogens (tertiary/aromatic N) is 1. The number of carbonyl (C=O) groups excluding carboxylic acids is 1. The van der Waals surface area contributed by atoms with Crippen molar-refractivity contribution in [3.05, 3.63) is 106 Å². The number of ether oxygens (including phenoxy) is 2. The van der Waals surface area contributed by atoms with Gasteiger partial charge < -0.3 is 9.47 Å². The summed E-state index contributed by atoms with van der Waals surface area (Å²) in [7, 11) is 0. The molecule has 1 fully saturated rings. The molecule has 0 N–H and O–H groups in total. The lowest BCUT2D eigenvalue weighted by atomic mass is 10.1. The fraction of sp³-hybridized carbons (Fsp3) is 0.161. The van der Waals surface area contributed by atoms with Crippen molar-refractivity contribution in [1.82, 2.24) is 0 Å². The van der Waals surface area contributed by atoms with E-state index in [9.17, 15) is 4.79 Å². The van der Waals surface area contributed by atoms with E-state index >= 15 is 0 Å². The average Bonchev–Trinajstić information content (AvgIpc) is 3.16. The van der Waals surface area contributed by atoms with Gasteiger partial charge in [-0.15, -0.1) is 0 Å². The number of rotatable bonds is 7. The number of aryl methyl sites for hydroxylation is 2. The van der Waals surface area contributed by atoms with Gasteiger partial charge in [-0.25, -0.2) is 0 Å². The fourth-order valence-electron chi connectivity index (χ4n) is 4.37. The lowest BCUT2D eigenvalue weighted by molar-refractivity contribution is -0.113. The van der Waals surface area contributed by atoms with Gasteiger partial charge >= 0.3 is 0 Å². The van der Waals surface area contributed by atoms with Crippen LogP contribution in [0.5, 0.6) is 11.5 Å². The number of carbonyl (C=O) groups is 1. The highest BCUT2D eigenvalue weighted by Crippen LogP contribution is 2.38. The SMILES string of the molecule is CCOc1cc(/C=C2\SC(=S)N(c3ccc(C)cc3C)C2=O)ccc1OCc1ccc2ccccc2c1. The van der Waals surface area contributed by atoms with Crippen molar-refractivity contribution in [2.75, 3.05) is 11.5 Å². The number of amides is 1. The van der Waals surface area contributed by atoms with E-state index in [-0.39, 0.29) is 5.91 Å². The number of thioether (sulfide) groups is 1. The van der Waals surface area contributed by atoms with Gasteiger partial charge in [0.2, 0.25) is 0 Å². The van der Waals surface area contributed by atoms with Crippen LogP contribution in [0.3, 0.4) is 0 Å². The van der Waals surface area contributed by atoms with E-state index in [1.165, 1.54) is 22.5 Å². The molecule has 4 nitrogen and oxygen atoms in total. The first kappa shape index (κ1) is 25.1. The summed E-state index contributed by atoms with van der Waals surface area (Å²) in [4.78, 5) is 15.5. The van der Waals surface area contributed by atoms with Gasteiger partial charge in [-0.2, -0.15) is 0 Å². The molecule has 5 rings (SSSR count). The Morgan fingerprint density at radius 3 is 2.49 bits per heavy atom. The van der Waals surface area contributed by atoms with Crippen molar-refractivity contribution in [2.45, 2.75) is 27.4 Å². The third-order valence-electron chi connectivity index (χ3n) is 6.16. The minimum absolute atomic E-state index is 0.114. The molecule has 186 valence electrons. The van der Waals surface area contributed by atoms with Crippen LogP contribution in [-0.4, -0.2) is 16.8 Å². The standard InChI is InChI=1S/C31H27NO3S2/c1-4-34-28-17-22(11-14-27(28)35-19-23-10-12-24-7-5-6-8-25(24)16-23)18-29-30(33)32(31(36)37-29)26-13-9-20(2)15-21(26)3/h5-18H,4,19H2,1-3H3/b29-18-.